The van der Waals surface area contributed by atoms with Crippen LogP contribution < -0.4 is 5.32 Å². The van der Waals surface area contributed by atoms with Crippen LogP contribution in [0.3, 0.4) is 0 Å². The van der Waals surface area contributed by atoms with Crippen molar-refractivity contribution < 1.29 is 4.79 Å². The van der Waals surface area contributed by atoms with Gasteiger partial charge in [0, 0.05) is 11.4 Å². The SMILES string of the molecule is CC.Cc1cc2c(s1)C(=O)NCC2. The first kappa shape index (κ1) is 10.3. The molecule has 0 aliphatic carbocycles. The van der Waals surface area contributed by atoms with Crippen LogP contribution in [-0.4, -0.2) is 12.5 Å². The Morgan fingerprint density at radius 1 is 1.46 bits per heavy atom. The fourth-order valence-electron chi connectivity index (χ4n) is 1.34. The highest BCUT2D eigenvalue weighted by atomic mass is 32.1. The van der Waals surface area contributed by atoms with Crippen molar-refractivity contribution in [3.63, 3.8) is 0 Å². The van der Waals surface area contributed by atoms with E-state index < -0.39 is 0 Å². The van der Waals surface area contributed by atoms with Gasteiger partial charge in [0.25, 0.3) is 5.91 Å². The van der Waals surface area contributed by atoms with Crippen molar-refractivity contribution in [1.29, 1.82) is 0 Å². The van der Waals surface area contributed by atoms with Crippen LogP contribution in [0.15, 0.2) is 6.07 Å². The average Bonchev–Trinajstić information content (AvgIpc) is 2.51. The van der Waals surface area contributed by atoms with E-state index in [4.69, 9.17) is 0 Å². The van der Waals surface area contributed by atoms with Crippen molar-refractivity contribution in [3.05, 3.63) is 21.4 Å². The van der Waals surface area contributed by atoms with Gasteiger partial charge in [-0.1, -0.05) is 13.8 Å². The van der Waals surface area contributed by atoms with Gasteiger partial charge in [0.15, 0.2) is 0 Å². The predicted molar refractivity (Wildman–Crippen MR) is 56.4 cm³/mol. The number of hydrogen-bond acceptors (Lipinski definition) is 2. The number of carbonyl (C=O) groups excluding carboxylic acids is 1. The molecule has 1 aliphatic rings. The largest absolute Gasteiger partial charge is 0.351 e. The summed E-state index contributed by atoms with van der Waals surface area (Å²) < 4.78 is 0. The summed E-state index contributed by atoms with van der Waals surface area (Å²) in [5, 5.41) is 2.82. The summed E-state index contributed by atoms with van der Waals surface area (Å²) in [6, 6.07) is 2.11. The molecule has 1 aromatic rings. The molecule has 1 amide bonds. The lowest BCUT2D eigenvalue weighted by molar-refractivity contribution is 0.0950. The maximum atomic E-state index is 11.2. The zero-order chi connectivity index (χ0) is 9.84. The number of hydrogen-bond donors (Lipinski definition) is 1. The molecule has 72 valence electrons. The van der Waals surface area contributed by atoms with Gasteiger partial charge in [-0.05, 0) is 25.0 Å². The summed E-state index contributed by atoms with van der Waals surface area (Å²) in [6.07, 6.45) is 0.991. The third-order valence-corrected chi connectivity index (χ3v) is 2.91. The standard InChI is InChI=1S/C8H9NOS.C2H6/c1-5-4-6-2-3-9-8(10)7(6)11-5;1-2/h4H,2-3H2,1H3,(H,9,10);1-2H3. The topological polar surface area (TPSA) is 29.1 Å². The molecule has 0 unspecified atom stereocenters. The quantitative estimate of drug-likeness (QED) is 0.679. The lowest BCUT2D eigenvalue weighted by Crippen LogP contribution is -2.30. The van der Waals surface area contributed by atoms with E-state index in [1.807, 2.05) is 20.8 Å². The van der Waals surface area contributed by atoms with E-state index in [2.05, 4.69) is 11.4 Å². The Kier molecular flexibility index (Phi) is 3.48. The minimum atomic E-state index is 0.101. The monoisotopic (exact) mass is 197 g/mol. The van der Waals surface area contributed by atoms with Crippen molar-refractivity contribution >= 4 is 17.2 Å². The minimum Gasteiger partial charge on any atom is -0.351 e. The molecule has 0 saturated carbocycles. The maximum absolute atomic E-state index is 11.2. The number of aryl methyl sites for hydroxylation is 1. The lowest BCUT2D eigenvalue weighted by Gasteiger charge is -2.10. The van der Waals surface area contributed by atoms with E-state index >= 15 is 0 Å². The Labute approximate surface area is 83.0 Å². The van der Waals surface area contributed by atoms with Crippen LogP contribution in [0.25, 0.3) is 0 Å². The molecule has 1 aromatic heterocycles. The summed E-state index contributed by atoms with van der Waals surface area (Å²) in [6.45, 7) is 6.83. The number of nitrogens with one attached hydrogen (secondary N) is 1. The van der Waals surface area contributed by atoms with Crippen LogP contribution in [0.1, 0.15) is 34.0 Å². The van der Waals surface area contributed by atoms with Crippen molar-refractivity contribution in [2.24, 2.45) is 0 Å². The van der Waals surface area contributed by atoms with Crippen molar-refractivity contribution in [2.75, 3.05) is 6.54 Å². The van der Waals surface area contributed by atoms with Crippen LogP contribution in [-0.2, 0) is 6.42 Å². The number of rotatable bonds is 0. The van der Waals surface area contributed by atoms with E-state index in [0.29, 0.717) is 0 Å². The zero-order valence-electron chi connectivity index (χ0n) is 8.31. The second-order valence-electron chi connectivity index (χ2n) is 2.72. The first-order valence-corrected chi connectivity index (χ1v) is 5.46. The number of thiophene rings is 1. The highest BCUT2D eigenvalue weighted by Crippen LogP contribution is 2.23. The third kappa shape index (κ3) is 2.10. The molecule has 13 heavy (non-hydrogen) atoms. The van der Waals surface area contributed by atoms with Crippen LogP contribution in [0.4, 0.5) is 0 Å². The van der Waals surface area contributed by atoms with Gasteiger partial charge in [-0.15, -0.1) is 11.3 Å². The van der Waals surface area contributed by atoms with Crippen molar-refractivity contribution in [2.45, 2.75) is 27.2 Å². The Bertz CT molecular complexity index is 304. The Balaban J connectivity index is 0.000000396. The zero-order valence-corrected chi connectivity index (χ0v) is 9.12. The Morgan fingerprint density at radius 2 is 2.15 bits per heavy atom. The molecule has 2 rings (SSSR count). The number of carbonyl (C=O) groups is 1. The molecule has 0 spiro atoms. The fraction of sp³-hybridized carbons (Fsp3) is 0.500. The second kappa shape index (κ2) is 4.42. The molecule has 2 nitrogen and oxygen atoms in total. The fourth-order valence-corrected chi connectivity index (χ4v) is 2.32. The molecule has 0 fully saturated rings. The first-order chi connectivity index (χ1) is 6.27. The van der Waals surface area contributed by atoms with Gasteiger partial charge in [0.1, 0.15) is 0 Å². The lowest BCUT2D eigenvalue weighted by atomic mass is 10.1. The van der Waals surface area contributed by atoms with Gasteiger partial charge in [-0.25, -0.2) is 0 Å². The smallest absolute Gasteiger partial charge is 0.261 e. The highest BCUT2D eigenvalue weighted by Gasteiger charge is 2.18. The molecular formula is C10H15NOS. The van der Waals surface area contributed by atoms with E-state index in [0.717, 1.165) is 17.8 Å². The van der Waals surface area contributed by atoms with Crippen LogP contribution >= 0.6 is 11.3 Å². The minimum absolute atomic E-state index is 0.101. The number of fused-ring (bicyclic) bond motifs is 1. The summed E-state index contributed by atoms with van der Waals surface area (Å²) in [5.74, 6) is 0.101. The van der Waals surface area contributed by atoms with Gasteiger partial charge in [-0.3, -0.25) is 4.79 Å². The molecular weight excluding hydrogens is 182 g/mol. The maximum Gasteiger partial charge on any atom is 0.261 e. The summed E-state index contributed by atoms with van der Waals surface area (Å²) in [5.41, 5.74) is 1.22. The average molecular weight is 197 g/mol. The summed E-state index contributed by atoms with van der Waals surface area (Å²) >= 11 is 1.59. The second-order valence-corrected chi connectivity index (χ2v) is 3.97. The van der Waals surface area contributed by atoms with Crippen molar-refractivity contribution in [1.82, 2.24) is 5.32 Å². The van der Waals surface area contributed by atoms with Crippen LogP contribution in [0.2, 0.25) is 0 Å². The van der Waals surface area contributed by atoms with Crippen LogP contribution in [0.5, 0.6) is 0 Å². The molecule has 1 aliphatic heterocycles. The Morgan fingerprint density at radius 3 is 2.77 bits per heavy atom. The first-order valence-electron chi connectivity index (χ1n) is 4.65. The Hall–Kier alpha value is -0.830. The van der Waals surface area contributed by atoms with E-state index in [-0.39, 0.29) is 5.91 Å². The normalized spacial score (nSPS) is 13.9. The molecule has 3 heteroatoms. The van der Waals surface area contributed by atoms with E-state index in [9.17, 15) is 4.79 Å². The van der Waals surface area contributed by atoms with Gasteiger partial charge < -0.3 is 5.32 Å². The summed E-state index contributed by atoms with van der Waals surface area (Å²) in [7, 11) is 0. The summed E-state index contributed by atoms with van der Waals surface area (Å²) in [4.78, 5) is 13.3. The van der Waals surface area contributed by atoms with Gasteiger partial charge >= 0.3 is 0 Å². The molecule has 1 N–H and O–H groups in total. The highest BCUT2D eigenvalue weighted by molar-refractivity contribution is 7.14. The van der Waals surface area contributed by atoms with Gasteiger partial charge in [-0.2, -0.15) is 0 Å². The predicted octanol–water partition coefficient (Wildman–Crippen LogP) is 2.37. The van der Waals surface area contributed by atoms with Gasteiger partial charge in [0.2, 0.25) is 0 Å². The number of amides is 1. The van der Waals surface area contributed by atoms with Gasteiger partial charge in [0.05, 0.1) is 4.88 Å². The van der Waals surface area contributed by atoms with Crippen LogP contribution in [0, 0.1) is 6.92 Å². The molecule has 0 atom stereocenters. The molecule has 0 saturated heterocycles. The van der Waals surface area contributed by atoms with E-state index in [1.54, 1.807) is 11.3 Å². The molecule has 0 bridgehead atoms. The molecule has 0 radical (unpaired) electrons. The molecule has 2 heterocycles. The molecule has 0 aromatic carbocycles. The van der Waals surface area contributed by atoms with Crippen molar-refractivity contribution in [3.8, 4) is 0 Å². The third-order valence-electron chi connectivity index (χ3n) is 1.82. The van der Waals surface area contributed by atoms with E-state index in [1.165, 1.54) is 10.4 Å².